The van der Waals surface area contributed by atoms with E-state index in [1.165, 1.54) is 35.6 Å². The number of nitrogens with one attached hydrogen (secondary N) is 1. The maximum Gasteiger partial charge on any atom is 0.255 e. The average Bonchev–Trinajstić information content (AvgIpc) is 3.12. The minimum atomic E-state index is -3.69. The molecule has 0 unspecified atom stereocenters. The number of pyridine rings is 1. The molecule has 0 atom stereocenters. The average molecular weight is 492 g/mol. The van der Waals surface area contributed by atoms with Gasteiger partial charge in [-0.05, 0) is 69.0 Å². The van der Waals surface area contributed by atoms with Crippen LogP contribution in [0.4, 0.5) is 10.2 Å². The fraction of sp³-hybridized carbons (Fsp3) is 0.417. The predicted octanol–water partition coefficient (Wildman–Crippen LogP) is 3.87. The molecule has 10 heteroatoms. The molecule has 0 aliphatic carbocycles. The fourth-order valence-electron chi connectivity index (χ4n) is 3.77. The highest BCUT2D eigenvalue weighted by Gasteiger charge is 2.28. The van der Waals surface area contributed by atoms with Crippen molar-refractivity contribution in [1.82, 2.24) is 10.3 Å². The first-order valence-corrected chi connectivity index (χ1v) is 12.8. The number of fused-ring (bicyclic) bond motifs is 1. The molecule has 34 heavy (non-hydrogen) atoms. The van der Waals surface area contributed by atoms with Crippen LogP contribution in [0, 0.1) is 5.82 Å². The van der Waals surface area contributed by atoms with Gasteiger partial charge in [-0.25, -0.2) is 12.8 Å². The topological polar surface area (TPSA) is 113 Å². The molecule has 0 saturated carbocycles. The Morgan fingerprint density at radius 3 is 2.44 bits per heavy atom. The standard InChI is InChI=1S/C24H30FN3O5S/c1-6-15-14-18-19(22(29)26-4)20(16-8-10-17(25)11-9-16)33-23(18)27-21(15)28(34(5,31)32)13-7-12-24(2,3)30/h8-11,14,30H,6-7,12-13H2,1-5H3,(H,26,29). The molecule has 1 aromatic carbocycles. The summed E-state index contributed by atoms with van der Waals surface area (Å²) >= 11 is 0. The Balaban J connectivity index is 2.20. The van der Waals surface area contributed by atoms with E-state index in [0.29, 0.717) is 35.8 Å². The normalized spacial score (nSPS) is 12.2. The van der Waals surface area contributed by atoms with Crippen molar-refractivity contribution < 1.29 is 27.1 Å². The number of hydrogen-bond donors (Lipinski definition) is 2. The van der Waals surface area contributed by atoms with Gasteiger partial charge in [0.05, 0.1) is 22.8 Å². The molecule has 0 spiro atoms. The van der Waals surface area contributed by atoms with Crippen molar-refractivity contribution in [3.8, 4) is 11.3 Å². The summed E-state index contributed by atoms with van der Waals surface area (Å²) in [5.74, 6) is -0.394. The molecule has 0 radical (unpaired) electrons. The molecular weight excluding hydrogens is 461 g/mol. The van der Waals surface area contributed by atoms with Gasteiger partial charge in [-0.3, -0.25) is 9.10 Å². The van der Waals surface area contributed by atoms with Crippen LogP contribution >= 0.6 is 0 Å². The number of halogens is 1. The zero-order valence-electron chi connectivity index (χ0n) is 20.0. The molecular formula is C24H30FN3O5S. The Kier molecular flexibility index (Phi) is 7.32. The number of aliphatic hydroxyl groups is 1. The van der Waals surface area contributed by atoms with Gasteiger partial charge in [-0.2, -0.15) is 4.98 Å². The van der Waals surface area contributed by atoms with Gasteiger partial charge in [-0.1, -0.05) is 6.92 Å². The number of hydrogen-bond acceptors (Lipinski definition) is 6. The molecule has 2 heterocycles. The van der Waals surface area contributed by atoms with Gasteiger partial charge in [0.25, 0.3) is 5.91 Å². The SMILES string of the molecule is CCc1cc2c(C(=O)NC)c(-c3ccc(F)cc3)oc2nc1N(CCCC(C)(C)O)S(C)(=O)=O. The molecule has 184 valence electrons. The highest BCUT2D eigenvalue weighted by atomic mass is 32.2. The van der Waals surface area contributed by atoms with Crippen LogP contribution in [0.25, 0.3) is 22.4 Å². The van der Waals surface area contributed by atoms with Crippen LogP contribution in [0.1, 0.15) is 49.5 Å². The molecule has 3 rings (SSSR count). The van der Waals surface area contributed by atoms with Crippen LogP contribution in [-0.4, -0.2) is 49.9 Å². The molecule has 0 aliphatic rings. The van der Waals surface area contributed by atoms with Crippen molar-refractivity contribution in [1.29, 1.82) is 0 Å². The third-order valence-corrected chi connectivity index (χ3v) is 6.62. The second-order valence-corrected chi connectivity index (χ2v) is 10.7. The minimum absolute atomic E-state index is 0.0984. The summed E-state index contributed by atoms with van der Waals surface area (Å²) in [6.07, 6.45) is 2.38. The first-order valence-electron chi connectivity index (χ1n) is 11.0. The second-order valence-electron chi connectivity index (χ2n) is 8.82. The van der Waals surface area contributed by atoms with Crippen molar-refractivity contribution in [3.63, 3.8) is 0 Å². The summed E-state index contributed by atoms with van der Waals surface area (Å²) in [7, 11) is -2.20. The van der Waals surface area contributed by atoms with Crippen LogP contribution in [0.5, 0.6) is 0 Å². The summed E-state index contributed by atoms with van der Waals surface area (Å²) in [4.78, 5) is 17.3. The van der Waals surface area contributed by atoms with Crippen molar-refractivity contribution in [2.75, 3.05) is 24.2 Å². The lowest BCUT2D eigenvalue weighted by molar-refractivity contribution is 0.0695. The van der Waals surface area contributed by atoms with Gasteiger partial charge in [0.15, 0.2) is 0 Å². The summed E-state index contributed by atoms with van der Waals surface area (Å²) in [6, 6.07) is 7.25. The van der Waals surface area contributed by atoms with Crippen molar-refractivity contribution >= 4 is 32.8 Å². The number of anilines is 1. The molecule has 0 fully saturated rings. The Morgan fingerprint density at radius 1 is 1.26 bits per heavy atom. The first kappa shape index (κ1) is 25.6. The smallest absolute Gasteiger partial charge is 0.255 e. The Labute approximate surface area is 198 Å². The van der Waals surface area contributed by atoms with Gasteiger partial charge >= 0.3 is 0 Å². The third kappa shape index (κ3) is 5.56. The van der Waals surface area contributed by atoms with Crippen molar-refractivity contribution in [2.24, 2.45) is 0 Å². The number of furan rings is 1. The zero-order valence-corrected chi connectivity index (χ0v) is 20.8. The van der Waals surface area contributed by atoms with Crippen LogP contribution in [-0.2, 0) is 16.4 Å². The number of benzene rings is 1. The van der Waals surface area contributed by atoms with Crippen LogP contribution in [0.3, 0.4) is 0 Å². The number of rotatable bonds is 9. The molecule has 2 aromatic heterocycles. The number of aryl methyl sites for hydroxylation is 1. The van der Waals surface area contributed by atoms with Crippen molar-refractivity contribution in [3.05, 3.63) is 47.3 Å². The summed E-state index contributed by atoms with van der Waals surface area (Å²) in [6.45, 7) is 5.33. The molecule has 3 aromatic rings. The molecule has 8 nitrogen and oxygen atoms in total. The number of nitrogens with zero attached hydrogens (tertiary/aromatic N) is 2. The molecule has 0 saturated heterocycles. The van der Waals surface area contributed by atoms with E-state index in [0.717, 1.165) is 6.26 Å². The van der Waals surface area contributed by atoms with Crippen molar-refractivity contribution in [2.45, 2.75) is 45.6 Å². The van der Waals surface area contributed by atoms with E-state index in [1.807, 2.05) is 6.92 Å². The quantitative estimate of drug-likeness (QED) is 0.470. The zero-order chi connectivity index (χ0) is 25.3. The van der Waals surface area contributed by atoms with E-state index < -0.39 is 27.3 Å². The molecule has 2 N–H and O–H groups in total. The molecule has 0 bridgehead atoms. The lowest BCUT2D eigenvalue weighted by Gasteiger charge is -2.25. The van der Waals surface area contributed by atoms with E-state index in [-0.39, 0.29) is 29.4 Å². The summed E-state index contributed by atoms with van der Waals surface area (Å²) < 4.78 is 45.9. The minimum Gasteiger partial charge on any atom is -0.437 e. The number of carbonyl (C=O) groups is 1. The highest BCUT2D eigenvalue weighted by molar-refractivity contribution is 7.92. The van der Waals surface area contributed by atoms with Gasteiger partial charge in [0, 0.05) is 19.2 Å². The maximum atomic E-state index is 13.5. The fourth-order valence-corrected chi connectivity index (χ4v) is 4.70. The summed E-state index contributed by atoms with van der Waals surface area (Å²) in [5.41, 5.74) is 0.523. The largest absolute Gasteiger partial charge is 0.437 e. The number of aromatic nitrogens is 1. The first-order chi connectivity index (χ1) is 15.9. The summed E-state index contributed by atoms with van der Waals surface area (Å²) in [5, 5.41) is 13.0. The van der Waals surface area contributed by atoms with Crippen LogP contribution in [0.15, 0.2) is 34.7 Å². The van der Waals surface area contributed by atoms with Crippen LogP contribution in [0.2, 0.25) is 0 Å². The van der Waals surface area contributed by atoms with Gasteiger partial charge < -0.3 is 14.8 Å². The number of amides is 1. The van der Waals surface area contributed by atoms with E-state index in [2.05, 4.69) is 10.3 Å². The van der Waals surface area contributed by atoms with Crippen LogP contribution < -0.4 is 9.62 Å². The van der Waals surface area contributed by atoms with Gasteiger partial charge in [0.1, 0.15) is 17.4 Å². The van der Waals surface area contributed by atoms with E-state index in [4.69, 9.17) is 4.42 Å². The van der Waals surface area contributed by atoms with E-state index >= 15 is 0 Å². The lowest BCUT2D eigenvalue weighted by Crippen LogP contribution is -2.33. The van der Waals surface area contributed by atoms with Gasteiger partial charge in [-0.15, -0.1) is 0 Å². The molecule has 1 amide bonds. The lowest BCUT2D eigenvalue weighted by atomic mass is 10.0. The Morgan fingerprint density at radius 2 is 1.91 bits per heavy atom. The molecule has 0 aliphatic heterocycles. The monoisotopic (exact) mass is 491 g/mol. The Bertz CT molecular complexity index is 1290. The maximum absolute atomic E-state index is 13.5. The Hall–Kier alpha value is -2.98. The number of sulfonamides is 1. The van der Waals surface area contributed by atoms with E-state index in [9.17, 15) is 22.7 Å². The van der Waals surface area contributed by atoms with Gasteiger partial charge in [0.2, 0.25) is 15.7 Å². The number of carbonyl (C=O) groups excluding carboxylic acids is 1. The highest BCUT2D eigenvalue weighted by Crippen LogP contribution is 2.36. The predicted molar refractivity (Wildman–Crippen MR) is 130 cm³/mol. The third-order valence-electron chi connectivity index (χ3n) is 5.47. The van der Waals surface area contributed by atoms with E-state index in [1.54, 1.807) is 19.9 Å². The second kappa shape index (κ2) is 9.71.